The molecule has 0 rings (SSSR count). The lowest BCUT2D eigenvalue weighted by atomic mass is 9.99. The summed E-state index contributed by atoms with van der Waals surface area (Å²) < 4.78 is 0. The van der Waals surface area contributed by atoms with Crippen LogP contribution in [0.25, 0.3) is 0 Å². The molecule has 0 aromatic heterocycles. The van der Waals surface area contributed by atoms with Crippen molar-refractivity contribution in [1.82, 2.24) is 5.32 Å². The van der Waals surface area contributed by atoms with E-state index in [0.717, 1.165) is 38.5 Å². The molecule has 0 spiro atoms. The number of amides is 1. The number of nitrogens with one attached hydrogen (secondary N) is 1. The number of hydrogen-bond acceptors (Lipinski definition) is 5. The maximum Gasteiger partial charge on any atom is 0.249 e. The number of hydrogen-bond donors (Lipinski definition) is 5. The third kappa shape index (κ3) is 36.7. The van der Waals surface area contributed by atoms with Crippen LogP contribution in [0.3, 0.4) is 0 Å². The average molecular weight is 754 g/mol. The highest BCUT2D eigenvalue weighted by molar-refractivity contribution is 5.80. The quantitative estimate of drug-likeness (QED) is 0.0398. The summed E-state index contributed by atoms with van der Waals surface area (Å²) in [4.78, 5) is 12.5. The molecule has 6 nitrogen and oxygen atoms in total. The Morgan fingerprint density at radius 2 is 0.642 bits per heavy atom. The second-order valence-electron chi connectivity index (χ2n) is 16.8. The third-order valence-corrected chi connectivity index (χ3v) is 11.6. The van der Waals surface area contributed by atoms with E-state index in [-0.39, 0.29) is 0 Å². The lowest BCUT2D eigenvalue weighted by Crippen LogP contribution is -2.53. The van der Waals surface area contributed by atoms with Gasteiger partial charge in [0, 0.05) is 0 Å². The molecule has 0 aliphatic heterocycles. The van der Waals surface area contributed by atoms with E-state index >= 15 is 0 Å². The van der Waals surface area contributed by atoms with Crippen molar-refractivity contribution in [3.63, 3.8) is 0 Å². The van der Waals surface area contributed by atoms with E-state index in [2.05, 4.69) is 19.2 Å². The van der Waals surface area contributed by atoms with Crippen LogP contribution in [-0.4, -0.2) is 57.3 Å². The molecule has 0 heterocycles. The standard InChI is InChI=1S/C47H95NO5/c1-3-5-7-9-11-13-15-17-18-19-20-21-22-23-24-25-26-27-29-31-33-35-37-39-41-45(51)47(53)48-43(42-49)46(52)44(50)40-38-36-34-32-30-28-16-14-12-10-8-6-4-2/h43-46,49-52H,3-42H2,1-2H3,(H,48,53). The van der Waals surface area contributed by atoms with Crippen LogP contribution in [0.1, 0.15) is 264 Å². The fourth-order valence-electron chi connectivity index (χ4n) is 7.76. The van der Waals surface area contributed by atoms with Crippen molar-refractivity contribution >= 4 is 5.91 Å². The summed E-state index contributed by atoms with van der Waals surface area (Å²) in [5.41, 5.74) is 0. The Morgan fingerprint density at radius 3 is 0.906 bits per heavy atom. The van der Waals surface area contributed by atoms with Crippen molar-refractivity contribution in [2.45, 2.75) is 289 Å². The van der Waals surface area contributed by atoms with Crippen molar-refractivity contribution in [1.29, 1.82) is 0 Å². The highest BCUT2D eigenvalue weighted by Crippen LogP contribution is 2.18. The first-order chi connectivity index (χ1) is 26.0. The van der Waals surface area contributed by atoms with Gasteiger partial charge >= 0.3 is 0 Å². The van der Waals surface area contributed by atoms with Gasteiger partial charge in [0.05, 0.1) is 18.8 Å². The fraction of sp³-hybridized carbons (Fsp3) is 0.979. The predicted octanol–water partition coefficient (Wildman–Crippen LogP) is 12.8. The third-order valence-electron chi connectivity index (χ3n) is 11.6. The first-order valence-corrected chi connectivity index (χ1v) is 23.9. The van der Waals surface area contributed by atoms with E-state index in [9.17, 15) is 25.2 Å². The van der Waals surface area contributed by atoms with E-state index in [1.807, 2.05) is 0 Å². The second kappa shape index (κ2) is 42.5. The molecule has 0 aliphatic carbocycles. The van der Waals surface area contributed by atoms with Crippen LogP contribution in [0.2, 0.25) is 0 Å². The molecule has 0 aromatic rings. The summed E-state index contributed by atoms with van der Waals surface area (Å²) in [7, 11) is 0. The Bertz CT molecular complexity index is 721. The van der Waals surface area contributed by atoms with E-state index in [1.54, 1.807) is 0 Å². The molecule has 0 saturated carbocycles. The molecule has 0 aliphatic rings. The van der Waals surface area contributed by atoms with Crippen LogP contribution in [0.15, 0.2) is 0 Å². The van der Waals surface area contributed by atoms with Crippen molar-refractivity contribution in [2.24, 2.45) is 0 Å². The molecular weight excluding hydrogens is 659 g/mol. The van der Waals surface area contributed by atoms with Gasteiger partial charge < -0.3 is 25.7 Å². The normalized spacial score (nSPS) is 14.0. The van der Waals surface area contributed by atoms with Crippen molar-refractivity contribution in [3.05, 3.63) is 0 Å². The van der Waals surface area contributed by atoms with Crippen LogP contribution in [0, 0.1) is 0 Å². The number of carbonyl (C=O) groups is 1. The topological polar surface area (TPSA) is 110 Å². The lowest BCUT2D eigenvalue weighted by molar-refractivity contribution is -0.132. The molecule has 0 bridgehead atoms. The maximum absolute atomic E-state index is 12.5. The Labute approximate surface area is 330 Å². The number of unbranched alkanes of at least 4 members (excludes halogenated alkanes) is 35. The Morgan fingerprint density at radius 1 is 0.396 bits per heavy atom. The van der Waals surface area contributed by atoms with Crippen molar-refractivity contribution in [2.75, 3.05) is 6.61 Å². The summed E-state index contributed by atoms with van der Waals surface area (Å²) in [5.74, 6) is -0.578. The SMILES string of the molecule is CCCCCCCCCCCCCCCCCCCCCCCCCCC(O)C(=O)NC(CO)C(O)C(O)CCCCCCCCCCCCCCC. The van der Waals surface area contributed by atoms with Gasteiger partial charge in [-0.2, -0.15) is 0 Å². The van der Waals surface area contributed by atoms with Gasteiger partial charge in [0.2, 0.25) is 5.91 Å². The van der Waals surface area contributed by atoms with Gasteiger partial charge in [-0.1, -0.05) is 251 Å². The van der Waals surface area contributed by atoms with Gasteiger partial charge in [0.15, 0.2) is 0 Å². The second-order valence-corrected chi connectivity index (χ2v) is 16.8. The molecule has 0 fully saturated rings. The zero-order valence-corrected chi connectivity index (χ0v) is 35.8. The maximum atomic E-state index is 12.5. The van der Waals surface area contributed by atoms with Gasteiger partial charge in [-0.05, 0) is 12.8 Å². The highest BCUT2D eigenvalue weighted by atomic mass is 16.3. The molecule has 5 N–H and O–H groups in total. The first kappa shape index (κ1) is 52.3. The van der Waals surface area contributed by atoms with Crippen molar-refractivity contribution in [3.8, 4) is 0 Å². The molecular formula is C47H95NO5. The van der Waals surface area contributed by atoms with Gasteiger partial charge in [-0.15, -0.1) is 0 Å². The predicted molar refractivity (Wildman–Crippen MR) is 228 cm³/mol. The molecule has 6 heteroatoms. The average Bonchev–Trinajstić information content (AvgIpc) is 3.16. The molecule has 4 unspecified atom stereocenters. The molecule has 0 saturated heterocycles. The molecule has 1 amide bonds. The molecule has 318 valence electrons. The monoisotopic (exact) mass is 754 g/mol. The van der Waals surface area contributed by atoms with Gasteiger partial charge in [0.25, 0.3) is 0 Å². The zero-order chi connectivity index (χ0) is 38.9. The lowest BCUT2D eigenvalue weighted by Gasteiger charge is -2.27. The van der Waals surface area contributed by atoms with E-state index in [0.29, 0.717) is 12.8 Å². The number of carbonyl (C=O) groups excluding carboxylic acids is 1. The zero-order valence-electron chi connectivity index (χ0n) is 35.8. The van der Waals surface area contributed by atoms with Crippen LogP contribution in [-0.2, 0) is 4.79 Å². The fourth-order valence-corrected chi connectivity index (χ4v) is 7.76. The van der Waals surface area contributed by atoms with Crippen LogP contribution >= 0.6 is 0 Å². The van der Waals surface area contributed by atoms with Gasteiger partial charge in [-0.25, -0.2) is 0 Å². The number of aliphatic hydroxyl groups is 4. The molecule has 0 aromatic carbocycles. The van der Waals surface area contributed by atoms with Crippen LogP contribution < -0.4 is 5.32 Å². The highest BCUT2D eigenvalue weighted by Gasteiger charge is 2.28. The summed E-state index contributed by atoms with van der Waals surface area (Å²) in [5, 5.41) is 43.7. The summed E-state index contributed by atoms with van der Waals surface area (Å²) in [6.45, 7) is 4.07. The van der Waals surface area contributed by atoms with Gasteiger partial charge in [-0.3, -0.25) is 4.79 Å². The number of rotatable bonds is 44. The molecule has 0 radical (unpaired) electrons. The van der Waals surface area contributed by atoms with Crippen LogP contribution in [0.4, 0.5) is 0 Å². The van der Waals surface area contributed by atoms with Gasteiger partial charge in [0.1, 0.15) is 12.2 Å². The summed E-state index contributed by atoms with van der Waals surface area (Å²) in [6.07, 6.45) is 45.7. The largest absolute Gasteiger partial charge is 0.394 e. The minimum Gasteiger partial charge on any atom is -0.394 e. The van der Waals surface area contributed by atoms with E-state index in [4.69, 9.17) is 0 Å². The Balaban J connectivity index is 3.61. The van der Waals surface area contributed by atoms with E-state index < -0.39 is 36.9 Å². The van der Waals surface area contributed by atoms with Crippen LogP contribution in [0.5, 0.6) is 0 Å². The van der Waals surface area contributed by atoms with Crippen molar-refractivity contribution < 1.29 is 25.2 Å². The van der Waals surface area contributed by atoms with E-state index in [1.165, 1.54) is 199 Å². The summed E-state index contributed by atoms with van der Waals surface area (Å²) in [6, 6.07) is -0.978. The minimum atomic E-state index is -1.25. The molecule has 4 atom stereocenters. The Hall–Kier alpha value is -0.690. The first-order valence-electron chi connectivity index (χ1n) is 23.9. The smallest absolute Gasteiger partial charge is 0.249 e. The number of aliphatic hydroxyl groups excluding tert-OH is 4. The molecule has 53 heavy (non-hydrogen) atoms. The summed E-state index contributed by atoms with van der Waals surface area (Å²) >= 11 is 0. The minimum absolute atomic E-state index is 0.376. The Kier molecular flexibility index (Phi) is 41.9.